The normalized spacial score (nSPS) is 10.8. The number of aromatic nitrogens is 2. The van der Waals surface area contributed by atoms with Crippen LogP contribution in [0.5, 0.6) is 0 Å². The number of carbonyl (C=O) groups excluding carboxylic acids is 2. The van der Waals surface area contributed by atoms with Crippen LogP contribution in [-0.4, -0.2) is 46.9 Å². The van der Waals surface area contributed by atoms with Gasteiger partial charge in [0.2, 0.25) is 0 Å². The molecular formula is C25H25N5O4S. The number of nitrogens with one attached hydrogen (secondary N) is 1. The Morgan fingerprint density at radius 3 is 2.66 bits per heavy atom. The molecule has 0 spiro atoms. The van der Waals surface area contributed by atoms with Crippen LogP contribution in [0.2, 0.25) is 0 Å². The molecule has 1 N–H and O–H groups in total. The van der Waals surface area contributed by atoms with E-state index in [-0.39, 0.29) is 29.9 Å². The molecular weight excluding hydrogens is 466 g/mol. The number of carbonyl (C=O) groups is 2. The maximum atomic E-state index is 13.1. The first-order chi connectivity index (χ1) is 16.9. The van der Waals surface area contributed by atoms with Gasteiger partial charge >= 0.3 is 17.7 Å². The molecule has 4 aromatic rings. The van der Waals surface area contributed by atoms with E-state index in [1.165, 1.54) is 16.2 Å². The van der Waals surface area contributed by atoms with E-state index in [1.54, 1.807) is 56.3 Å². The molecule has 180 valence electrons. The summed E-state index contributed by atoms with van der Waals surface area (Å²) < 4.78 is 5.48. The van der Waals surface area contributed by atoms with E-state index < -0.39 is 5.63 Å². The average Bonchev–Trinajstić information content (AvgIpc) is 3.40. The van der Waals surface area contributed by atoms with Crippen molar-refractivity contribution in [1.82, 2.24) is 14.9 Å². The molecule has 0 aliphatic rings. The van der Waals surface area contributed by atoms with E-state index in [1.807, 2.05) is 23.6 Å². The number of aryl methyl sites for hydroxylation is 1. The summed E-state index contributed by atoms with van der Waals surface area (Å²) >= 11 is 1.33. The number of pyridine rings is 1. The third kappa shape index (κ3) is 5.22. The van der Waals surface area contributed by atoms with Crippen LogP contribution in [-0.2, 0) is 6.42 Å². The fourth-order valence-electron chi connectivity index (χ4n) is 3.63. The predicted octanol–water partition coefficient (Wildman–Crippen LogP) is 4.33. The number of hydrogen-bond donors (Lipinski definition) is 1. The van der Waals surface area contributed by atoms with Crippen molar-refractivity contribution in [2.24, 2.45) is 0 Å². The summed E-state index contributed by atoms with van der Waals surface area (Å²) in [7, 11) is 1.68. The van der Waals surface area contributed by atoms with Gasteiger partial charge in [-0.05, 0) is 55.1 Å². The monoisotopic (exact) mass is 491 g/mol. The number of rotatable bonds is 7. The number of hydrogen-bond acceptors (Lipinski definition) is 7. The van der Waals surface area contributed by atoms with Gasteiger partial charge in [0, 0.05) is 44.1 Å². The first-order valence-electron chi connectivity index (χ1n) is 11.1. The topological polar surface area (TPSA) is 109 Å². The minimum atomic E-state index is -0.628. The van der Waals surface area contributed by atoms with Crippen molar-refractivity contribution in [2.75, 3.05) is 30.4 Å². The summed E-state index contributed by atoms with van der Waals surface area (Å²) in [5, 5.41) is 4.90. The number of anilines is 2. The molecule has 0 saturated carbocycles. The van der Waals surface area contributed by atoms with Crippen LogP contribution in [0, 0.1) is 6.92 Å². The molecule has 0 aliphatic heterocycles. The van der Waals surface area contributed by atoms with E-state index in [9.17, 15) is 14.4 Å². The van der Waals surface area contributed by atoms with E-state index in [2.05, 4.69) is 15.3 Å². The highest BCUT2D eigenvalue weighted by Crippen LogP contribution is 2.25. The van der Waals surface area contributed by atoms with Crippen LogP contribution in [0.15, 0.2) is 63.3 Å². The van der Waals surface area contributed by atoms with E-state index in [4.69, 9.17) is 4.42 Å². The van der Waals surface area contributed by atoms with Crippen LogP contribution < -0.4 is 15.8 Å². The first kappa shape index (κ1) is 24.1. The Kier molecular flexibility index (Phi) is 7.21. The van der Waals surface area contributed by atoms with Gasteiger partial charge in [-0.2, -0.15) is 4.98 Å². The summed E-state index contributed by atoms with van der Waals surface area (Å²) in [4.78, 5) is 50.6. The predicted molar refractivity (Wildman–Crippen MR) is 136 cm³/mol. The van der Waals surface area contributed by atoms with E-state index in [0.29, 0.717) is 34.6 Å². The molecule has 3 aromatic heterocycles. The number of amides is 3. The molecule has 9 nitrogen and oxygen atoms in total. The molecule has 0 bridgehead atoms. The maximum Gasteiger partial charge on any atom is 0.348 e. The van der Waals surface area contributed by atoms with Crippen molar-refractivity contribution >= 4 is 45.9 Å². The van der Waals surface area contributed by atoms with Gasteiger partial charge in [0.05, 0.1) is 15.8 Å². The van der Waals surface area contributed by atoms with Crippen molar-refractivity contribution in [3.05, 3.63) is 80.6 Å². The van der Waals surface area contributed by atoms with Gasteiger partial charge in [0.25, 0.3) is 5.91 Å². The third-order valence-electron chi connectivity index (χ3n) is 5.57. The van der Waals surface area contributed by atoms with Gasteiger partial charge in [-0.1, -0.05) is 12.1 Å². The molecule has 0 unspecified atom stereocenters. The van der Waals surface area contributed by atoms with Crippen LogP contribution in [0.25, 0.3) is 10.9 Å². The van der Waals surface area contributed by atoms with Gasteiger partial charge in [-0.3, -0.25) is 9.78 Å². The Morgan fingerprint density at radius 2 is 1.97 bits per heavy atom. The fourth-order valence-corrected chi connectivity index (χ4v) is 4.25. The first-order valence-corrected chi connectivity index (χ1v) is 12.0. The fraction of sp³-hybridized carbons (Fsp3) is 0.240. The Hall–Kier alpha value is -4.05. The molecule has 0 atom stereocenters. The lowest BCUT2D eigenvalue weighted by molar-refractivity contribution is 0.103. The van der Waals surface area contributed by atoms with Crippen molar-refractivity contribution in [3.8, 4) is 0 Å². The molecule has 0 saturated heterocycles. The van der Waals surface area contributed by atoms with Crippen LogP contribution in [0.4, 0.5) is 16.5 Å². The second-order valence-electron chi connectivity index (χ2n) is 7.87. The van der Waals surface area contributed by atoms with Crippen molar-refractivity contribution in [2.45, 2.75) is 20.3 Å². The van der Waals surface area contributed by atoms with Gasteiger partial charge in [-0.15, -0.1) is 11.3 Å². The Labute approximate surface area is 206 Å². The molecule has 3 heterocycles. The molecule has 1 aromatic carbocycles. The summed E-state index contributed by atoms with van der Waals surface area (Å²) in [6, 6.07) is 12.1. The zero-order valence-corrected chi connectivity index (χ0v) is 20.5. The Morgan fingerprint density at radius 1 is 1.14 bits per heavy atom. The van der Waals surface area contributed by atoms with Crippen LogP contribution in [0.3, 0.4) is 0 Å². The minimum Gasteiger partial charge on any atom is -0.388 e. The number of thiophene rings is 1. The summed E-state index contributed by atoms with van der Waals surface area (Å²) in [6.45, 7) is 4.21. The zero-order chi connectivity index (χ0) is 24.9. The van der Waals surface area contributed by atoms with Gasteiger partial charge in [0.15, 0.2) is 0 Å². The lowest BCUT2D eigenvalue weighted by Gasteiger charge is -2.25. The van der Waals surface area contributed by atoms with Gasteiger partial charge in [-0.25, -0.2) is 14.5 Å². The average molecular weight is 492 g/mol. The summed E-state index contributed by atoms with van der Waals surface area (Å²) in [5.41, 5.74) is 1.67. The highest BCUT2D eigenvalue weighted by Gasteiger charge is 2.24. The number of urea groups is 1. The van der Waals surface area contributed by atoms with Gasteiger partial charge < -0.3 is 14.6 Å². The van der Waals surface area contributed by atoms with Crippen LogP contribution >= 0.6 is 11.3 Å². The third-order valence-corrected chi connectivity index (χ3v) is 6.44. The molecule has 0 radical (unpaired) electrons. The van der Waals surface area contributed by atoms with E-state index in [0.717, 1.165) is 5.69 Å². The molecule has 0 aliphatic carbocycles. The highest BCUT2D eigenvalue weighted by atomic mass is 32.1. The summed E-state index contributed by atoms with van der Waals surface area (Å²) in [6.07, 6.45) is 2.30. The van der Waals surface area contributed by atoms with Gasteiger partial charge in [0.1, 0.15) is 0 Å². The van der Waals surface area contributed by atoms with Crippen molar-refractivity contribution in [3.63, 3.8) is 0 Å². The maximum absolute atomic E-state index is 13.1. The Balaban J connectivity index is 1.57. The standard InChI is InChI=1S/C25H25N5O4S/c1-4-30(25(33)29(3)14-12-17-8-5-6-13-26-17)24-28-19-11-10-18(16(2)21(19)23(32)34-24)27-22(31)20-9-7-15-35-20/h5-11,13,15H,4,12,14H2,1-3H3,(H,27,31). The number of benzene rings is 1. The van der Waals surface area contributed by atoms with Crippen LogP contribution in [0.1, 0.15) is 27.9 Å². The molecule has 0 fully saturated rings. The molecule has 4 rings (SSSR count). The minimum absolute atomic E-state index is 0.0746. The second-order valence-corrected chi connectivity index (χ2v) is 8.81. The number of nitrogens with zero attached hydrogens (tertiary/aromatic N) is 4. The zero-order valence-electron chi connectivity index (χ0n) is 19.6. The van der Waals surface area contributed by atoms with E-state index >= 15 is 0 Å². The smallest absolute Gasteiger partial charge is 0.348 e. The number of likely N-dealkylation sites (N-methyl/N-ethyl adjacent to an activating group) is 1. The molecule has 35 heavy (non-hydrogen) atoms. The number of fused-ring (bicyclic) bond motifs is 1. The Bertz CT molecular complexity index is 1400. The molecule has 10 heteroatoms. The molecule has 3 amide bonds. The van der Waals surface area contributed by atoms with Crippen molar-refractivity contribution < 1.29 is 14.0 Å². The lowest BCUT2D eigenvalue weighted by Crippen LogP contribution is -2.42. The second kappa shape index (κ2) is 10.5. The SMILES string of the molecule is CCN(C(=O)N(C)CCc1ccccn1)c1nc2ccc(NC(=O)c3cccs3)c(C)c2c(=O)o1. The highest BCUT2D eigenvalue weighted by molar-refractivity contribution is 7.12. The largest absolute Gasteiger partial charge is 0.388 e. The van der Waals surface area contributed by atoms with Crippen molar-refractivity contribution in [1.29, 1.82) is 0 Å². The quantitative estimate of drug-likeness (QED) is 0.412. The lowest BCUT2D eigenvalue weighted by atomic mass is 10.1. The summed E-state index contributed by atoms with van der Waals surface area (Å²) in [5.74, 6) is -0.257.